The zero-order valence-electron chi connectivity index (χ0n) is 12.4. The Morgan fingerprint density at radius 1 is 1.06 bits per heavy atom. The number of hydrogen-bond donors (Lipinski definition) is 2. The van der Waals surface area contributed by atoms with E-state index >= 15 is 0 Å². The average molecular weight is 257 g/mol. The molecule has 0 heterocycles. The van der Waals surface area contributed by atoms with Crippen LogP contribution in [0.25, 0.3) is 0 Å². The van der Waals surface area contributed by atoms with Gasteiger partial charge in [0.2, 0.25) is 5.91 Å². The standard InChI is InChI=1S/C15H31NO2/c1-4-6-7-8-9-10-11-12-14(17)16-13-15(3,18)5-2/h18H,4-13H2,1-3H3,(H,16,17). The quantitative estimate of drug-likeness (QED) is 0.557. The minimum atomic E-state index is -0.768. The third-order valence-corrected chi connectivity index (χ3v) is 3.44. The molecule has 0 aromatic heterocycles. The van der Waals surface area contributed by atoms with Crippen LogP contribution in [0, 0.1) is 0 Å². The van der Waals surface area contributed by atoms with E-state index in [1.54, 1.807) is 6.92 Å². The molecule has 1 atom stereocenters. The predicted molar refractivity (Wildman–Crippen MR) is 76.5 cm³/mol. The summed E-state index contributed by atoms with van der Waals surface area (Å²) in [6, 6.07) is 0. The number of nitrogens with one attached hydrogen (secondary N) is 1. The van der Waals surface area contributed by atoms with E-state index in [4.69, 9.17) is 0 Å². The number of carbonyl (C=O) groups excluding carboxylic acids is 1. The van der Waals surface area contributed by atoms with Gasteiger partial charge in [-0.1, -0.05) is 52.4 Å². The topological polar surface area (TPSA) is 49.3 Å². The number of carbonyl (C=O) groups is 1. The maximum absolute atomic E-state index is 11.5. The largest absolute Gasteiger partial charge is 0.388 e. The van der Waals surface area contributed by atoms with Crippen LogP contribution in [-0.2, 0) is 4.79 Å². The highest BCUT2D eigenvalue weighted by atomic mass is 16.3. The molecule has 3 nitrogen and oxygen atoms in total. The van der Waals surface area contributed by atoms with Gasteiger partial charge in [-0.15, -0.1) is 0 Å². The Bertz CT molecular complexity index is 215. The molecule has 0 aromatic carbocycles. The fourth-order valence-corrected chi connectivity index (χ4v) is 1.75. The van der Waals surface area contributed by atoms with Crippen molar-refractivity contribution in [2.24, 2.45) is 0 Å². The van der Waals surface area contributed by atoms with E-state index in [1.165, 1.54) is 32.1 Å². The fourth-order valence-electron chi connectivity index (χ4n) is 1.75. The smallest absolute Gasteiger partial charge is 0.220 e. The normalized spacial score (nSPS) is 14.2. The van der Waals surface area contributed by atoms with Crippen LogP contribution >= 0.6 is 0 Å². The SMILES string of the molecule is CCCCCCCCCC(=O)NCC(C)(O)CC. The summed E-state index contributed by atoms with van der Waals surface area (Å²) in [5.41, 5.74) is -0.768. The van der Waals surface area contributed by atoms with Gasteiger partial charge in [0, 0.05) is 13.0 Å². The van der Waals surface area contributed by atoms with E-state index in [9.17, 15) is 9.90 Å². The lowest BCUT2D eigenvalue weighted by molar-refractivity contribution is -0.122. The Kier molecular flexibility index (Phi) is 10.0. The predicted octanol–water partition coefficient (Wildman–Crippen LogP) is 3.40. The number of unbranched alkanes of at least 4 members (excludes halogenated alkanes) is 6. The number of aliphatic hydroxyl groups is 1. The van der Waals surface area contributed by atoms with E-state index in [-0.39, 0.29) is 5.91 Å². The van der Waals surface area contributed by atoms with Crippen LogP contribution < -0.4 is 5.32 Å². The number of hydrogen-bond acceptors (Lipinski definition) is 2. The first-order valence-electron chi connectivity index (χ1n) is 7.51. The average Bonchev–Trinajstić information content (AvgIpc) is 2.35. The van der Waals surface area contributed by atoms with Crippen molar-refractivity contribution in [3.8, 4) is 0 Å². The highest BCUT2D eigenvalue weighted by molar-refractivity contribution is 5.75. The van der Waals surface area contributed by atoms with Gasteiger partial charge in [0.05, 0.1) is 5.60 Å². The first-order chi connectivity index (χ1) is 8.52. The Morgan fingerprint density at radius 2 is 1.61 bits per heavy atom. The summed E-state index contributed by atoms with van der Waals surface area (Å²) in [6.07, 6.45) is 9.81. The second kappa shape index (κ2) is 10.4. The van der Waals surface area contributed by atoms with Crippen LogP contribution in [0.15, 0.2) is 0 Å². The summed E-state index contributed by atoms with van der Waals surface area (Å²) in [5.74, 6) is 0.0669. The lowest BCUT2D eigenvalue weighted by atomic mass is 10.0. The van der Waals surface area contributed by atoms with Crippen molar-refractivity contribution in [2.45, 2.75) is 84.2 Å². The molecule has 0 spiro atoms. The minimum Gasteiger partial charge on any atom is -0.388 e. The molecule has 1 amide bonds. The van der Waals surface area contributed by atoms with Gasteiger partial charge in [0.15, 0.2) is 0 Å². The Labute approximate surface area is 112 Å². The molecule has 0 rings (SSSR count). The zero-order chi connectivity index (χ0) is 13.9. The van der Waals surface area contributed by atoms with E-state index < -0.39 is 5.60 Å². The number of rotatable bonds is 11. The Hall–Kier alpha value is -0.570. The summed E-state index contributed by atoms with van der Waals surface area (Å²) < 4.78 is 0. The van der Waals surface area contributed by atoms with Crippen molar-refractivity contribution >= 4 is 5.91 Å². The molecule has 108 valence electrons. The molecule has 0 aliphatic carbocycles. The van der Waals surface area contributed by atoms with E-state index in [0.29, 0.717) is 19.4 Å². The van der Waals surface area contributed by atoms with Crippen molar-refractivity contribution in [2.75, 3.05) is 6.54 Å². The molecular weight excluding hydrogens is 226 g/mol. The second-order valence-corrected chi connectivity index (χ2v) is 5.50. The maximum Gasteiger partial charge on any atom is 0.220 e. The van der Waals surface area contributed by atoms with Crippen molar-refractivity contribution in [3.05, 3.63) is 0 Å². The van der Waals surface area contributed by atoms with Gasteiger partial charge in [-0.3, -0.25) is 4.79 Å². The van der Waals surface area contributed by atoms with Crippen LogP contribution in [0.4, 0.5) is 0 Å². The molecule has 3 heteroatoms. The molecule has 1 unspecified atom stereocenters. The molecule has 0 aliphatic rings. The summed E-state index contributed by atoms with van der Waals surface area (Å²) >= 11 is 0. The molecule has 18 heavy (non-hydrogen) atoms. The van der Waals surface area contributed by atoms with E-state index in [1.807, 2.05) is 6.92 Å². The molecule has 0 aliphatic heterocycles. The van der Waals surface area contributed by atoms with Crippen molar-refractivity contribution < 1.29 is 9.90 Å². The van der Waals surface area contributed by atoms with Gasteiger partial charge < -0.3 is 10.4 Å². The van der Waals surface area contributed by atoms with Crippen LogP contribution in [0.1, 0.15) is 78.6 Å². The van der Waals surface area contributed by atoms with E-state index in [0.717, 1.165) is 12.8 Å². The third kappa shape index (κ3) is 10.6. The minimum absolute atomic E-state index is 0.0669. The summed E-state index contributed by atoms with van der Waals surface area (Å²) in [4.78, 5) is 11.5. The molecule has 0 aromatic rings. The third-order valence-electron chi connectivity index (χ3n) is 3.44. The molecule has 0 radical (unpaired) electrons. The van der Waals surface area contributed by atoms with Gasteiger partial charge in [-0.25, -0.2) is 0 Å². The fraction of sp³-hybridized carbons (Fsp3) is 0.933. The Morgan fingerprint density at radius 3 is 2.17 bits per heavy atom. The molecular formula is C15H31NO2. The van der Waals surface area contributed by atoms with Gasteiger partial charge >= 0.3 is 0 Å². The molecule has 0 bridgehead atoms. The second-order valence-electron chi connectivity index (χ2n) is 5.50. The zero-order valence-corrected chi connectivity index (χ0v) is 12.4. The van der Waals surface area contributed by atoms with Gasteiger partial charge in [-0.05, 0) is 19.8 Å². The van der Waals surface area contributed by atoms with Crippen molar-refractivity contribution in [3.63, 3.8) is 0 Å². The van der Waals surface area contributed by atoms with Crippen LogP contribution in [0.5, 0.6) is 0 Å². The first-order valence-corrected chi connectivity index (χ1v) is 7.51. The molecule has 2 N–H and O–H groups in total. The lowest BCUT2D eigenvalue weighted by Crippen LogP contribution is -2.39. The summed E-state index contributed by atoms with van der Waals surface area (Å²) in [6.45, 7) is 6.25. The monoisotopic (exact) mass is 257 g/mol. The summed E-state index contributed by atoms with van der Waals surface area (Å²) in [5, 5.41) is 12.5. The van der Waals surface area contributed by atoms with Crippen LogP contribution in [0.3, 0.4) is 0 Å². The van der Waals surface area contributed by atoms with Gasteiger partial charge in [0.1, 0.15) is 0 Å². The first kappa shape index (κ1) is 17.4. The van der Waals surface area contributed by atoms with Gasteiger partial charge in [0.25, 0.3) is 0 Å². The van der Waals surface area contributed by atoms with Crippen LogP contribution in [-0.4, -0.2) is 23.2 Å². The highest BCUT2D eigenvalue weighted by Crippen LogP contribution is 2.09. The molecule has 0 fully saturated rings. The van der Waals surface area contributed by atoms with Crippen molar-refractivity contribution in [1.82, 2.24) is 5.32 Å². The lowest BCUT2D eigenvalue weighted by Gasteiger charge is -2.21. The van der Waals surface area contributed by atoms with Gasteiger partial charge in [-0.2, -0.15) is 0 Å². The number of amides is 1. The maximum atomic E-state index is 11.5. The van der Waals surface area contributed by atoms with E-state index in [2.05, 4.69) is 12.2 Å². The summed E-state index contributed by atoms with van der Waals surface area (Å²) in [7, 11) is 0. The molecule has 0 saturated heterocycles. The Balaban J connectivity index is 3.38. The highest BCUT2D eigenvalue weighted by Gasteiger charge is 2.17. The van der Waals surface area contributed by atoms with Crippen LogP contribution in [0.2, 0.25) is 0 Å². The molecule has 0 saturated carbocycles. The van der Waals surface area contributed by atoms with Crippen molar-refractivity contribution in [1.29, 1.82) is 0 Å².